The molecular weight excluding hydrogens is 2000 g/mol. The maximum Gasteiger partial charge on any atom is 0.0489 e. The quantitative estimate of drug-likeness (QED) is 0.162. The van der Waals surface area contributed by atoms with Crippen molar-refractivity contribution in [3.63, 3.8) is 0 Å². The maximum atomic E-state index is 2.46. The minimum Gasteiger partial charge on any atom is -0.144 e. The zero-order valence-electron chi connectivity index (χ0n) is 95.5. The Hall–Kier alpha value is -5.24. The summed E-state index contributed by atoms with van der Waals surface area (Å²) in [5.41, 5.74) is 24.7. The van der Waals surface area contributed by atoms with E-state index in [1.165, 1.54) is 162 Å². The van der Waals surface area contributed by atoms with E-state index in [2.05, 4.69) is 452 Å². The van der Waals surface area contributed by atoms with Crippen molar-refractivity contribution in [2.75, 3.05) is 0 Å². The molecule has 2 aromatic carbocycles. The molecule has 0 aliphatic heterocycles. The first-order valence-corrected chi connectivity index (χ1v) is 63.2. The molecule has 0 saturated carbocycles. The zero-order valence-corrected chi connectivity index (χ0v) is 107. The van der Waals surface area contributed by atoms with Crippen LogP contribution in [0.15, 0.2) is 133 Å². The molecule has 21 rings (SSSR count). The van der Waals surface area contributed by atoms with E-state index in [1.807, 2.05) is 159 Å². The lowest BCUT2D eigenvalue weighted by Gasteiger charge is -2.25. The number of benzene rings is 2. The highest BCUT2D eigenvalue weighted by atomic mass is 32.2. The van der Waals surface area contributed by atoms with Crippen LogP contribution in [0.4, 0.5) is 0 Å². The van der Waals surface area contributed by atoms with Gasteiger partial charge in [0, 0.05) is 172 Å². The van der Waals surface area contributed by atoms with Crippen LogP contribution in [0.25, 0.3) is 90.5 Å². The van der Waals surface area contributed by atoms with Crippen molar-refractivity contribution in [3.8, 4) is 71.7 Å². The van der Waals surface area contributed by atoms with Gasteiger partial charge in [-0.1, -0.05) is 361 Å². The summed E-state index contributed by atoms with van der Waals surface area (Å²) in [6.07, 6.45) is 3.45. The summed E-state index contributed by atoms with van der Waals surface area (Å²) in [5, 5.41) is 0. The Morgan fingerprint density at radius 1 is 0.175 bits per heavy atom. The van der Waals surface area contributed by atoms with Crippen molar-refractivity contribution in [2.24, 2.45) is 0 Å². The highest BCUT2D eigenvalue weighted by molar-refractivity contribution is 7.32. The SMILES string of the molecule is CC(C)(C)c1cc2c(s1)-c1sc(C(C)(C)C)cc1C2.CC(C)(C)c1cc2c(s1)-c1sc(C(C)(C)C)cc1C2(C)C.CC(C)(C)c1cc2c(s1)Cc1cc(C(C)(C)C)sc1-2.CC(C)(C)c1cc2c(s1)Cc1sc(C(C)(C)C)cc1-2.CC(C)(C)c1ccc(-c2cc3sc(C(C)(C)C)cc3s2)cc1.CC(C)(C)c1ccc(-c2cc3sc(C(C)(C)C)cc3s2)s1.CC(C)(C)c1ccc2c(c1)C(C)(C)c1cc(C(C)(C)C)sc1-2. The van der Waals surface area contributed by atoms with Crippen LogP contribution in [0.5, 0.6) is 0 Å². The molecule has 0 bridgehead atoms. The van der Waals surface area contributed by atoms with Crippen LogP contribution in [0.3, 0.4) is 0 Å². The Bertz CT molecular complexity index is 6750. The molecule has 14 heteroatoms. The Labute approximate surface area is 920 Å². The molecule has 16 aromatic rings. The van der Waals surface area contributed by atoms with Gasteiger partial charge in [-0.15, -0.1) is 159 Å². The Balaban J connectivity index is 0.000000126. The van der Waals surface area contributed by atoms with Gasteiger partial charge in [-0.25, -0.2) is 0 Å². The van der Waals surface area contributed by atoms with Gasteiger partial charge in [-0.05, 0) is 239 Å². The van der Waals surface area contributed by atoms with E-state index >= 15 is 0 Å². The first-order valence-electron chi connectivity index (χ1n) is 51.8. The van der Waals surface area contributed by atoms with E-state index in [0.29, 0.717) is 0 Å². The lowest BCUT2D eigenvalue weighted by molar-refractivity contribution is 0.583. The fraction of sp³-hybridized carbons (Fsp3) is 0.504. The predicted octanol–water partition coefficient (Wildman–Crippen LogP) is 45.8. The van der Waals surface area contributed by atoms with Crippen molar-refractivity contribution < 1.29 is 0 Å². The van der Waals surface area contributed by atoms with Crippen LogP contribution < -0.4 is 0 Å². The first-order chi connectivity index (χ1) is 65.1. The largest absolute Gasteiger partial charge is 0.144 e. The molecule has 0 fully saturated rings. The van der Waals surface area contributed by atoms with Crippen LogP contribution in [-0.4, -0.2) is 0 Å². The summed E-state index contributed by atoms with van der Waals surface area (Å²) in [6, 6.07) is 52.2. The van der Waals surface area contributed by atoms with E-state index in [-0.39, 0.29) is 86.6 Å². The molecule has 766 valence electrons. The smallest absolute Gasteiger partial charge is 0.0489 e. The summed E-state index contributed by atoms with van der Waals surface area (Å²) in [4.78, 5) is 36.2. The molecule has 0 spiro atoms. The fourth-order valence-electron chi connectivity index (χ4n) is 18.3. The summed E-state index contributed by atoms with van der Waals surface area (Å²) < 4.78 is 5.71. The second-order valence-electron chi connectivity index (χ2n) is 56.5. The topological polar surface area (TPSA) is 0 Å². The van der Waals surface area contributed by atoms with Crippen molar-refractivity contribution in [2.45, 2.75) is 424 Å². The fourth-order valence-corrected chi connectivity index (χ4v) is 36.5. The van der Waals surface area contributed by atoms with Crippen molar-refractivity contribution >= 4 is 178 Å². The molecule has 0 radical (unpaired) electrons. The molecule has 0 amide bonds. The average molecular weight is 2170 g/mol. The van der Waals surface area contributed by atoms with Crippen LogP contribution in [0.1, 0.15) is 442 Å². The van der Waals surface area contributed by atoms with Gasteiger partial charge in [0.05, 0.1) is 0 Å². The predicted molar refractivity (Wildman–Crippen MR) is 663 cm³/mol. The van der Waals surface area contributed by atoms with Gasteiger partial charge in [0.1, 0.15) is 0 Å². The van der Waals surface area contributed by atoms with E-state index in [4.69, 9.17) is 0 Å². The maximum absolute atomic E-state index is 2.46. The van der Waals surface area contributed by atoms with Gasteiger partial charge in [0.2, 0.25) is 0 Å². The molecule has 0 atom stereocenters. The van der Waals surface area contributed by atoms with Gasteiger partial charge in [-0.3, -0.25) is 0 Å². The number of hydrogen-bond donors (Lipinski definition) is 0. The van der Waals surface area contributed by atoms with Gasteiger partial charge in [-0.2, -0.15) is 0 Å². The number of thiophene rings is 14. The van der Waals surface area contributed by atoms with Crippen LogP contribution in [0.2, 0.25) is 0 Å². The Kier molecular flexibility index (Phi) is 30.1. The van der Waals surface area contributed by atoms with Crippen LogP contribution in [-0.2, 0) is 106 Å². The van der Waals surface area contributed by atoms with Gasteiger partial charge in [0.25, 0.3) is 0 Å². The Morgan fingerprint density at radius 2 is 0.469 bits per heavy atom. The molecule has 14 heterocycles. The van der Waals surface area contributed by atoms with E-state index in [0.717, 1.165) is 19.3 Å². The van der Waals surface area contributed by atoms with Crippen molar-refractivity contribution in [3.05, 3.63) is 257 Å². The molecule has 0 N–H and O–H groups in total. The lowest BCUT2D eigenvalue weighted by Crippen LogP contribution is -2.18. The Morgan fingerprint density at radius 3 is 0.839 bits per heavy atom. The summed E-state index contributed by atoms with van der Waals surface area (Å²) >= 11 is 27.7. The molecule has 143 heavy (non-hydrogen) atoms. The third kappa shape index (κ3) is 23.8. The second-order valence-corrected chi connectivity index (χ2v) is 71.6. The standard InChI is InChI=1S/C21H28S.C20H24S2.C19H26S2.C18H22S3.3C17H22S2/c1-19(2,3)13-9-10-14-15(11-13)21(7,8)16-12-17(20(4,5)6)22-18(14)16;1-19(2,3)14-9-7-13(8-10-14)15-11-16-17(21-15)12-18(22-16)20(4,5)6;1-17(2,3)13-9-11-15(20-13)16-12(19(11,7)8)10-14(21-16)18(4,5)6;1-17(2,3)15-8-7-11(20-15)12-9-13-14(19-12)10-16(21-13)18(4,5)6;1-16(2,3)14-7-10-11-8-15(17(4,5)6)19-13(11)9-12(10)18-14;1-16(2,3)13-8-10-7-12-11(15(10)19-13)9-14(18-12)17(4,5)6;1-16(2,3)12-8-10-7-11-9-13(17(4,5)6)19-15(11)14(10)18-12/h9-12H,1-8H3;7-12H,1-6H3;9-10H,1-8H3;7-10H,1-6H3;7-8H,9H2,1-6H3;2*8-9H,7H2,1-6H3. The van der Waals surface area contributed by atoms with Gasteiger partial charge < -0.3 is 0 Å². The zero-order chi connectivity index (χ0) is 106. The number of hydrogen-bond acceptors (Lipinski definition) is 14. The number of rotatable bonds is 2. The summed E-state index contributed by atoms with van der Waals surface area (Å²) in [6.45, 7) is 106. The molecule has 0 unspecified atom stereocenters. The van der Waals surface area contributed by atoms with Crippen LogP contribution in [0, 0.1) is 0 Å². The van der Waals surface area contributed by atoms with Gasteiger partial charge in [0.15, 0.2) is 0 Å². The first kappa shape index (κ1) is 112. The minimum absolute atomic E-state index is 0.117. The highest BCUT2D eigenvalue weighted by Gasteiger charge is 2.44. The normalized spacial score (nSPS) is 14.8. The molecular formula is C129H166S14. The molecule has 0 nitrogen and oxygen atoms in total. The lowest BCUT2D eigenvalue weighted by atomic mass is 9.78. The summed E-state index contributed by atoms with van der Waals surface area (Å²) in [5.74, 6) is 0. The third-order valence-electron chi connectivity index (χ3n) is 28.0. The number of fused-ring (bicyclic) bond motifs is 17. The molecule has 0 saturated heterocycles. The molecule has 5 aliphatic rings. The van der Waals surface area contributed by atoms with E-state index in [9.17, 15) is 0 Å². The third-order valence-corrected chi connectivity index (χ3v) is 49.8. The van der Waals surface area contributed by atoms with Crippen molar-refractivity contribution in [1.29, 1.82) is 0 Å². The minimum atomic E-state index is 0.117. The average Bonchev–Trinajstić information content (AvgIpc) is 1.56. The second kappa shape index (κ2) is 38.5. The highest BCUT2D eigenvalue weighted by Crippen LogP contribution is 2.61. The van der Waals surface area contributed by atoms with E-state index in [1.54, 1.807) is 52.2 Å². The monoisotopic (exact) mass is 2160 g/mol. The van der Waals surface area contributed by atoms with Gasteiger partial charge >= 0.3 is 0 Å². The summed E-state index contributed by atoms with van der Waals surface area (Å²) in [7, 11) is 0. The van der Waals surface area contributed by atoms with Crippen LogP contribution >= 0.6 is 159 Å². The van der Waals surface area contributed by atoms with E-state index < -0.39 is 0 Å². The molecule has 14 aromatic heterocycles. The van der Waals surface area contributed by atoms with Crippen molar-refractivity contribution in [1.82, 2.24) is 0 Å². The molecule has 5 aliphatic carbocycles.